The van der Waals surface area contributed by atoms with Gasteiger partial charge in [-0.1, -0.05) is 44.2 Å². The van der Waals surface area contributed by atoms with E-state index >= 15 is 0 Å². The van der Waals surface area contributed by atoms with Gasteiger partial charge in [0.05, 0.1) is 6.61 Å². The van der Waals surface area contributed by atoms with Crippen molar-refractivity contribution in [3.8, 4) is 0 Å². The van der Waals surface area contributed by atoms with Gasteiger partial charge < -0.3 is 10.1 Å². The summed E-state index contributed by atoms with van der Waals surface area (Å²) in [5.41, 5.74) is 0.594. The molecule has 2 unspecified atom stereocenters. The summed E-state index contributed by atoms with van der Waals surface area (Å²) in [6, 6.07) is 10.1. The predicted octanol–water partition coefficient (Wildman–Crippen LogP) is 1.98. The van der Waals surface area contributed by atoms with Gasteiger partial charge in [-0.3, -0.25) is 9.59 Å². The van der Waals surface area contributed by atoms with Crippen LogP contribution in [0.2, 0.25) is 0 Å². The summed E-state index contributed by atoms with van der Waals surface area (Å²) in [6.07, 6.45) is 0.773. The molecule has 0 saturated carbocycles. The number of carbonyl (C=O) groups excluding carboxylic acids is 2. The summed E-state index contributed by atoms with van der Waals surface area (Å²) < 4.78 is 5.00. The first kappa shape index (κ1) is 15.7. The molecule has 114 valence electrons. The Morgan fingerprint density at radius 1 is 1.33 bits per heavy atom. The molecular weight excluding hydrogens is 266 g/mol. The topological polar surface area (TPSA) is 55.4 Å². The van der Waals surface area contributed by atoms with Crippen LogP contribution in [0.25, 0.3) is 0 Å². The highest BCUT2D eigenvalue weighted by Gasteiger charge is 2.47. The maximum atomic E-state index is 12.6. The van der Waals surface area contributed by atoms with Crippen LogP contribution in [-0.4, -0.2) is 30.9 Å². The quantitative estimate of drug-likeness (QED) is 0.680. The summed E-state index contributed by atoms with van der Waals surface area (Å²) >= 11 is 0. The van der Waals surface area contributed by atoms with Crippen LogP contribution in [0, 0.1) is 11.3 Å². The van der Waals surface area contributed by atoms with Crippen molar-refractivity contribution in [3.63, 3.8) is 0 Å². The molecule has 0 aromatic heterocycles. The first-order valence-corrected chi connectivity index (χ1v) is 7.45. The molecule has 0 bridgehead atoms. The predicted molar refractivity (Wildman–Crippen MR) is 80.8 cm³/mol. The van der Waals surface area contributed by atoms with Gasteiger partial charge in [-0.2, -0.15) is 0 Å². The summed E-state index contributed by atoms with van der Waals surface area (Å²) in [4.78, 5) is 24.5. The van der Waals surface area contributed by atoms with E-state index in [9.17, 15) is 9.59 Å². The number of ether oxygens (including phenoxy) is 1. The molecule has 2 atom stereocenters. The minimum absolute atomic E-state index is 0.0260. The Labute approximate surface area is 125 Å². The summed E-state index contributed by atoms with van der Waals surface area (Å²) in [6.45, 7) is 6.22. The van der Waals surface area contributed by atoms with E-state index < -0.39 is 17.3 Å². The third-order valence-electron chi connectivity index (χ3n) is 4.24. The largest absolute Gasteiger partial charge is 0.465 e. The molecule has 1 N–H and O–H groups in total. The minimum atomic E-state index is -0.688. The lowest BCUT2D eigenvalue weighted by Crippen LogP contribution is -2.59. The van der Waals surface area contributed by atoms with E-state index in [2.05, 4.69) is 17.4 Å². The molecule has 0 spiro atoms. The Balaban J connectivity index is 2.11. The van der Waals surface area contributed by atoms with E-state index in [1.54, 1.807) is 6.92 Å². The first-order valence-electron chi connectivity index (χ1n) is 7.45. The highest BCUT2D eigenvalue weighted by molar-refractivity contribution is 6.03. The van der Waals surface area contributed by atoms with Gasteiger partial charge in [0.15, 0.2) is 5.78 Å². The molecule has 1 heterocycles. The first-order chi connectivity index (χ1) is 9.96. The minimum Gasteiger partial charge on any atom is -0.465 e. The van der Waals surface area contributed by atoms with E-state index in [0.29, 0.717) is 13.2 Å². The van der Waals surface area contributed by atoms with Gasteiger partial charge in [-0.15, -0.1) is 0 Å². The summed E-state index contributed by atoms with van der Waals surface area (Å²) in [5.74, 6) is -1.13. The van der Waals surface area contributed by atoms with E-state index in [1.807, 2.05) is 32.0 Å². The van der Waals surface area contributed by atoms with E-state index in [-0.39, 0.29) is 11.8 Å². The Morgan fingerprint density at radius 2 is 2.00 bits per heavy atom. The average Bonchev–Trinajstić information content (AvgIpc) is 2.46. The van der Waals surface area contributed by atoms with E-state index in [0.717, 1.165) is 6.42 Å². The van der Waals surface area contributed by atoms with Gasteiger partial charge in [-0.05, 0) is 18.9 Å². The number of hydrogen-bond donors (Lipinski definition) is 1. The zero-order chi connectivity index (χ0) is 15.5. The van der Waals surface area contributed by atoms with Crippen molar-refractivity contribution in [3.05, 3.63) is 35.9 Å². The van der Waals surface area contributed by atoms with Gasteiger partial charge in [0.25, 0.3) is 0 Å². The Kier molecular flexibility index (Phi) is 4.78. The lowest BCUT2D eigenvalue weighted by molar-refractivity contribution is -0.156. The van der Waals surface area contributed by atoms with Crippen molar-refractivity contribution in [1.82, 2.24) is 5.32 Å². The number of nitrogens with one attached hydrogen (secondary N) is 1. The van der Waals surface area contributed by atoms with Crippen LogP contribution in [0.15, 0.2) is 30.3 Å². The van der Waals surface area contributed by atoms with Crippen molar-refractivity contribution < 1.29 is 14.3 Å². The number of Topliss-reactive ketones (excluding diaryl/α,β-unsaturated/α-hetero) is 1. The molecule has 2 rings (SSSR count). The van der Waals surface area contributed by atoms with Crippen LogP contribution in [-0.2, 0) is 20.7 Å². The van der Waals surface area contributed by atoms with Crippen LogP contribution in [0.3, 0.4) is 0 Å². The van der Waals surface area contributed by atoms with Crippen molar-refractivity contribution in [1.29, 1.82) is 0 Å². The highest BCUT2D eigenvalue weighted by atomic mass is 16.5. The number of benzene rings is 1. The molecule has 0 radical (unpaired) electrons. The van der Waals surface area contributed by atoms with Crippen LogP contribution < -0.4 is 5.32 Å². The van der Waals surface area contributed by atoms with Gasteiger partial charge in [0.1, 0.15) is 5.92 Å². The fourth-order valence-electron chi connectivity index (χ4n) is 2.84. The fraction of sp³-hybridized carbons (Fsp3) is 0.529. The second kappa shape index (κ2) is 6.39. The number of esters is 1. The molecule has 1 aromatic carbocycles. The van der Waals surface area contributed by atoms with Gasteiger partial charge in [0.2, 0.25) is 0 Å². The van der Waals surface area contributed by atoms with Crippen LogP contribution >= 0.6 is 0 Å². The molecule has 1 aliphatic rings. The van der Waals surface area contributed by atoms with Crippen LogP contribution in [0.4, 0.5) is 0 Å². The number of hydrogen-bond acceptors (Lipinski definition) is 4. The normalized spacial score (nSPS) is 24.6. The maximum absolute atomic E-state index is 12.6. The second-order valence-corrected chi connectivity index (χ2v) is 6.04. The molecule has 0 amide bonds. The molecule has 4 heteroatoms. The molecule has 21 heavy (non-hydrogen) atoms. The number of rotatable bonds is 4. The molecule has 1 aliphatic heterocycles. The smallest absolute Gasteiger partial charge is 0.317 e. The van der Waals surface area contributed by atoms with Crippen LogP contribution in [0.5, 0.6) is 0 Å². The molecule has 1 saturated heterocycles. The molecule has 0 aliphatic carbocycles. The SMILES string of the molecule is CCOC(=O)C1CNC(Cc2ccccc2)C(C)(C)C1=O. The zero-order valence-electron chi connectivity index (χ0n) is 12.9. The summed E-state index contributed by atoms with van der Waals surface area (Å²) in [7, 11) is 0. The zero-order valence-corrected chi connectivity index (χ0v) is 12.9. The van der Waals surface area contributed by atoms with Crippen molar-refractivity contribution in [2.45, 2.75) is 33.2 Å². The molecule has 4 nitrogen and oxygen atoms in total. The maximum Gasteiger partial charge on any atom is 0.317 e. The van der Waals surface area contributed by atoms with Crippen molar-refractivity contribution >= 4 is 11.8 Å². The van der Waals surface area contributed by atoms with Gasteiger partial charge >= 0.3 is 5.97 Å². The molecule has 1 fully saturated rings. The van der Waals surface area contributed by atoms with Gasteiger partial charge in [0, 0.05) is 18.0 Å². The number of piperidine rings is 1. The van der Waals surface area contributed by atoms with E-state index in [1.165, 1.54) is 5.56 Å². The Hall–Kier alpha value is -1.68. The molecular formula is C17H23NO3. The molecule has 1 aromatic rings. The monoisotopic (exact) mass is 289 g/mol. The van der Waals surface area contributed by atoms with Crippen molar-refractivity contribution in [2.24, 2.45) is 11.3 Å². The van der Waals surface area contributed by atoms with Gasteiger partial charge in [-0.25, -0.2) is 0 Å². The third-order valence-corrected chi connectivity index (χ3v) is 4.24. The highest BCUT2D eigenvalue weighted by Crippen LogP contribution is 2.32. The van der Waals surface area contributed by atoms with Crippen LogP contribution in [0.1, 0.15) is 26.3 Å². The second-order valence-electron chi connectivity index (χ2n) is 6.04. The lowest BCUT2D eigenvalue weighted by atomic mass is 9.70. The summed E-state index contributed by atoms with van der Waals surface area (Å²) in [5, 5.41) is 3.36. The lowest BCUT2D eigenvalue weighted by Gasteiger charge is -2.41. The Bertz CT molecular complexity index is 510. The average molecular weight is 289 g/mol. The fourth-order valence-corrected chi connectivity index (χ4v) is 2.84. The number of ketones is 1. The van der Waals surface area contributed by atoms with E-state index in [4.69, 9.17) is 4.74 Å². The van der Waals surface area contributed by atoms with Crippen molar-refractivity contribution in [2.75, 3.05) is 13.2 Å². The number of carbonyl (C=O) groups is 2. The Morgan fingerprint density at radius 3 is 2.62 bits per heavy atom. The third kappa shape index (κ3) is 3.32. The standard InChI is InChI=1S/C17H23NO3/c1-4-21-16(20)13-11-18-14(17(2,3)15(13)19)10-12-8-6-5-7-9-12/h5-9,13-14,18H,4,10-11H2,1-3H3.